The molecule has 0 saturated heterocycles. The first-order valence-electron chi connectivity index (χ1n) is 15.0. The Bertz CT molecular complexity index is 2370. The minimum atomic E-state index is 0.858. The number of rotatable bonds is 4. The highest BCUT2D eigenvalue weighted by atomic mass is 15.2. The van der Waals surface area contributed by atoms with Gasteiger partial charge in [0.05, 0.1) is 44.8 Å². The monoisotopic (exact) mass is 565 g/mol. The molecule has 0 atom stereocenters. The lowest BCUT2D eigenvalue weighted by Crippen LogP contribution is -2.19. The van der Waals surface area contributed by atoms with Gasteiger partial charge in [0.2, 0.25) is 0 Å². The quantitative estimate of drug-likeness (QED) is 0.199. The molecule has 0 unspecified atom stereocenters. The summed E-state index contributed by atoms with van der Waals surface area (Å²) in [5.74, 6) is 1.07. The van der Waals surface area contributed by atoms with E-state index in [-0.39, 0.29) is 0 Å². The Balaban J connectivity index is 1.16. The van der Waals surface area contributed by atoms with Crippen LogP contribution >= 0.6 is 0 Å². The number of pyridine rings is 2. The van der Waals surface area contributed by atoms with Gasteiger partial charge in [0.15, 0.2) is 0 Å². The molecule has 1 aliphatic rings. The molecule has 0 fully saturated rings. The summed E-state index contributed by atoms with van der Waals surface area (Å²) >= 11 is 0. The molecule has 8 aromatic rings. The Morgan fingerprint density at radius 1 is 0.568 bits per heavy atom. The molecule has 0 N–H and O–H groups in total. The van der Waals surface area contributed by atoms with Crippen LogP contribution in [-0.4, -0.2) is 19.5 Å². The molecule has 4 heterocycles. The van der Waals surface area contributed by atoms with Crippen LogP contribution in [0, 0.1) is 0 Å². The first-order chi connectivity index (χ1) is 21.8. The molecule has 5 heteroatoms. The first-order valence-corrected chi connectivity index (χ1v) is 15.0. The standard InChI is InChI=1S/C39H27N5/c1-2-36-41-32-11-6-12-34-39(32)44(36)33-22-20-29(24-35(33)43(34)30-9-4-3-5-10-30)25-13-15-26(16-14-25)31-21-19-28-18-17-27-8-7-23-40-37(27)38(28)42-31/h3-24H,2H2,1H3. The molecule has 0 saturated carbocycles. The molecule has 9 rings (SSSR count). The van der Waals surface area contributed by atoms with Crippen LogP contribution < -0.4 is 4.90 Å². The van der Waals surface area contributed by atoms with Gasteiger partial charge in [0.1, 0.15) is 5.82 Å². The normalized spacial score (nSPS) is 12.2. The molecule has 208 valence electrons. The zero-order valence-electron chi connectivity index (χ0n) is 24.1. The molecule has 5 aromatic carbocycles. The lowest BCUT2D eigenvalue weighted by molar-refractivity contribution is 0.900. The highest BCUT2D eigenvalue weighted by Gasteiger charge is 2.28. The van der Waals surface area contributed by atoms with Gasteiger partial charge in [-0.25, -0.2) is 9.97 Å². The van der Waals surface area contributed by atoms with E-state index in [1.54, 1.807) is 0 Å². The summed E-state index contributed by atoms with van der Waals surface area (Å²) in [5.41, 5.74) is 12.9. The number of anilines is 3. The van der Waals surface area contributed by atoms with Crippen molar-refractivity contribution < 1.29 is 0 Å². The topological polar surface area (TPSA) is 46.8 Å². The van der Waals surface area contributed by atoms with Crippen LogP contribution in [0.4, 0.5) is 17.1 Å². The van der Waals surface area contributed by atoms with Gasteiger partial charge >= 0.3 is 0 Å². The van der Waals surface area contributed by atoms with Crippen molar-refractivity contribution in [3.05, 3.63) is 139 Å². The Labute approximate surface area is 254 Å². The van der Waals surface area contributed by atoms with Gasteiger partial charge in [0, 0.05) is 34.6 Å². The molecule has 3 aromatic heterocycles. The summed E-state index contributed by atoms with van der Waals surface area (Å²) in [6.45, 7) is 2.17. The van der Waals surface area contributed by atoms with Crippen LogP contribution in [-0.2, 0) is 6.42 Å². The van der Waals surface area contributed by atoms with Crippen molar-refractivity contribution >= 4 is 49.9 Å². The van der Waals surface area contributed by atoms with E-state index in [4.69, 9.17) is 9.97 Å². The second-order valence-electron chi connectivity index (χ2n) is 11.2. The zero-order chi connectivity index (χ0) is 29.2. The number of para-hydroxylation sites is 2. The number of hydrogen-bond acceptors (Lipinski definition) is 4. The molecule has 44 heavy (non-hydrogen) atoms. The second kappa shape index (κ2) is 9.61. The lowest BCUT2D eigenvalue weighted by Gasteiger charge is -2.33. The van der Waals surface area contributed by atoms with Crippen molar-refractivity contribution in [1.29, 1.82) is 0 Å². The highest BCUT2D eigenvalue weighted by molar-refractivity contribution is 6.04. The Kier molecular flexibility index (Phi) is 5.41. The maximum Gasteiger partial charge on any atom is 0.114 e. The predicted molar refractivity (Wildman–Crippen MR) is 180 cm³/mol. The van der Waals surface area contributed by atoms with Gasteiger partial charge in [-0.1, -0.05) is 85.8 Å². The third kappa shape index (κ3) is 3.69. The van der Waals surface area contributed by atoms with Gasteiger partial charge in [0.25, 0.3) is 0 Å². The fourth-order valence-corrected chi connectivity index (χ4v) is 6.61. The van der Waals surface area contributed by atoms with Crippen molar-refractivity contribution in [3.8, 4) is 28.1 Å². The minimum Gasteiger partial charge on any atom is -0.306 e. The van der Waals surface area contributed by atoms with Crippen LogP contribution in [0.2, 0.25) is 0 Å². The number of hydrogen-bond donors (Lipinski definition) is 0. The van der Waals surface area contributed by atoms with Gasteiger partial charge in [-0.15, -0.1) is 0 Å². The molecular formula is C39H27N5. The van der Waals surface area contributed by atoms with E-state index in [1.165, 1.54) is 0 Å². The number of aryl methyl sites for hydroxylation is 1. The summed E-state index contributed by atoms with van der Waals surface area (Å²) in [4.78, 5) is 17.1. The van der Waals surface area contributed by atoms with Crippen LogP contribution in [0.3, 0.4) is 0 Å². The van der Waals surface area contributed by atoms with Gasteiger partial charge in [-0.2, -0.15) is 0 Å². The van der Waals surface area contributed by atoms with E-state index in [2.05, 4.69) is 143 Å². The van der Waals surface area contributed by atoms with Crippen molar-refractivity contribution in [3.63, 3.8) is 0 Å². The number of nitrogens with zero attached hydrogens (tertiary/aromatic N) is 5. The number of benzene rings is 5. The average Bonchev–Trinajstić information content (AvgIpc) is 3.48. The van der Waals surface area contributed by atoms with E-state index in [0.29, 0.717) is 0 Å². The summed E-state index contributed by atoms with van der Waals surface area (Å²) in [5, 5.41) is 2.19. The molecule has 0 radical (unpaired) electrons. The third-order valence-corrected chi connectivity index (χ3v) is 8.70. The van der Waals surface area contributed by atoms with Crippen LogP contribution in [0.5, 0.6) is 0 Å². The second-order valence-corrected chi connectivity index (χ2v) is 11.2. The van der Waals surface area contributed by atoms with Crippen molar-refractivity contribution in [1.82, 2.24) is 19.5 Å². The highest BCUT2D eigenvalue weighted by Crippen LogP contribution is 2.48. The van der Waals surface area contributed by atoms with E-state index >= 15 is 0 Å². The summed E-state index contributed by atoms with van der Waals surface area (Å²) in [6, 6.07) is 45.0. The molecule has 1 aliphatic heterocycles. The third-order valence-electron chi connectivity index (χ3n) is 8.70. The Hall–Kier alpha value is -5.81. The molecule has 0 aliphatic carbocycles. The largest absolute Gasteiger partial charge is 0.306 e. The minimum absolute atomic E-state index is 0.858. The average molecular weight is 566 g/mol. The van der Waals surface area contributed by atoms with Gasteiger partial charge < -0.3 is 4.90 Å². The Morgan fingerprint density at radius 2 is 1.34 bits per heavy atom. The van der Waals surface area contributed by atoms with Crippen LogP contribution in [0.25, 0.3) is 60.9 Å². The van der Waals surface area contributed by atoms with Crippen molar-refractivity contribution in [2.24, 2.45) is 0 Å². The molecule has 5 nitrogen and oxygen atoms in total. The number of imidazole rings is 1. The predicted octanol–water partition coefficient (Wildman–Crippen LogP) is 9.80. The smallest absolute Gasteiger partial charge is 0.114 e. The maximum absolute atomic E-state index is 5.05. The first kappa shape index (κ1) is 24.8. The maximum atomic E-state index is 5.05. The molecule has 0 amide bonds. The van der Waals surface area contributed by atoms with E-state index in [0.717, 1.165) is 90.2 Å². The lowest BCUT2D eigenvalue weighted by atomic mass is 9.99. The van der Waals surface area contributed by atoms with E-state index in [1.807, 2.05) is 12.3 Å². The Morgan fingerprint density at radius 3 is 2.18 bits per heavy atom. The zero-order valence-corrected chi connectivity index (χ0v) is 24.1. The van der Waals surface area contributed by atoms with E-state index < -0.39 is 0 Å². The van der Waals surface area contributed by atoms with Gasteiger partial charge in [-0.3, -0.25) is 9.55 Å². The summed E-state index contributed by atoms with van der Waals surface area (Å²) in [7, 11) is 0. The van der Waals surface area contributed by atoms with E-state index in [9.17, 15) is 0 Å². The van der Waals surface area contributed by atoms with Crippen molar-refractivity contribution in [2.75, 3.05) is 4.90 Å². The summed E-state index contributed by atoms with van der Waals surface area (Å²) in [6.07, 6.45) is 2.69. The molecule has 0 spiro atoms. The van der Waals surface area contributed by atoms with Gasteiger partial charge in [-0.05, 0) is 59.7 Å². The number of fused-ring (bicyclic) bond motifs is 5. The fraction of sp³-hybridized carbons (Fsp3) is 0.0513. The van der Waals surface area contributed by atoms with Crippen LogP contribution in [0.1, 0.15) is 12.7 Å². The molecule has 0 bridgehead atoms. The summed E-state index contributed by atoms with van der Waals surface area (Å²) < 4.78 is 2.34. The SMILES string of the molecule is CCc1nc2cccc3c2n1-c1ccc(-c2ccc(-c4ccc5ccc6cccnc6c5n4)cc2)cc1N3c1ccccc1. The molecular weight excluding hydrogens is 538 g/mol. The van der Waals surface area contributed by atoms with Crippen molar-refractivity contribution in [2.45, 2.75) is 13.3 Å². The number of aromatic nitrogens is 4. The van der Waals surface area contributed by atoms with Crippen LogP contribution in [0.15, 0.2) is 134 Å². The fourth-order valence-electron chi connectivity index (χ4n) is 6.61.